The highest BCUT2D eigenvalue weighted by Crippen LogP contribution is 2.72. The maximum Gasteiger partial charge on any atom is 0.308 e. The first-order valence-corrected chi connectivity index (χ1v) is 14.0. The van der Waals surface area contributed by atoms with Gasteiger partial charge in [0.05, 0.1) is 12.0 Å². The summed E-state index contributed by atoms with van der Waals surface area (Å²) in [4.78, 5) is 12.3. The molecule has 3 fully saturated rings. The highest BCUT2D eigenvalue weighted by Gasteiger charge is 2.63. The number of rotatable bonds is 2. The van der Waals surface area contributed by atoms with Crippen molar-refractivity contribution in [3.63, 3.8) is 0 Å². The number of aliphatic hydroxyl groups excluding tert-OH is 1. The normalized spacial score (nSPS) is 50.2. The highest BCUT2D eigenvalue weighted by atomic mass is 16.5. The molecule has 5 rings (SSSR count). The average Bonchev–Trinajstić information content (AvgIpc) is 3.04. The zero-order valence-electron chi connectivity index (χ0n) is 22.3. The van der Waals surface area contributed by atoms with Gasteiger partial charge in [-0.2, -0.15) is 0 Å². The van der Waals surface area contributed by atoms with E-state index in [2.05, 4.69) is 41.5 Å². The first-order valence-electron chi connectivity index (χ1n) is 14.0. The van der Waals surface area contributed by atoms with E-state index in [-0.39, 0.29) is 45.8 Å². The average molecular weight is 457 g/mol. The second kappa shape index (κ2) is 7.58. The number of esters is 1. The third kappa shape index (κ3) is 3.12. The molecule has 0 aromatic heterocycles. The molecule has 3 heteroatoms. The molecule has 1 aliphatic heterocycles. The fourth-order valence-corrected chi connectivity index (χ4v) is 10.0. The number of allylic oxidation sites excluding steroid dienone is 2. The lowest BCUT2D eigenvalue weighted by atomic mass is 9.43. The van der Waals surface area contributed by atoms with Crippen molar-refractivity contribution < 1.29 is 14.6 Å². The molecule has 0 radical (unpaired) electrons. The number of ether oxygens (including phenoxy) is 1. The maximum absolute atomic E-state index is 12.3. The van der Waals surface area contributed by atoms with E-state index in [0.717, 1.165) is 25.7 Å². The molecule has 0 bridgehead atoms. The summed E-state index contributed by atoms with van der Waals surface area (Å²) in [6.45, 7) is 16.7. The highest BCUT2D eigenvalue weighted by molar-refractivity contribution is 5.72. The Morgan fingerprint density at radius 2 is 1.64 bits per heavy atom. The first-order chi connectivity index (χ1) is 15.4. The van der Waals surface area contributed by atoms with Gasteiger partial charge in [0.2, 0.25) is 0 Å². The molecule has 1 saturated heterocycles. The minimum atomic E-state index is -0.167. The molecule has 5 aliphatic rings. The summed E-state index contributed by atoms with van der Waals surface area (Å²) in [5, 5.41) is 10.8. The molecule has 9 atom stereocenters. The van der Waals surface area contributed by atoms with Crippen molar-refractivity contribution in [1.29, 1.82) is 0 Å². The van der Waals surface area contributed by atoms with Crippen LogP contribution in [0.15, 0.2) is 11.1 Å². The Kier molecular flexibility index (Phi) is 5.49. The van der Waals surface area contributed by atoms with Crippen LogP contribution < -0.4 is 0 Å². The zero-order chi connectivity index (χ0) is 24.0. The van der Waals surface area contributed by atoms with Gasteiger partial charge in [0, 0.05) is 0 Å². The Hall–Kier alpha value is -0.830. The van der Waals surface area contributed by atoms with Crippen LogP contribution in [0.3, 0.4) is 0 Å². The van der Waals surface area contributed by atoms with Crippen molar-refractivity contribution in [2.45, 2.75) is 125 Å². The van der Waals surface area contributed by atoms with E-state index in [1.807, 2.05) is 6.92 Å². The fraction of sp³-hybridized carbons (Fsp3) is 0.900. The summed E-state index contributed by atoms with van der Waals surface area (Å²) in [5.41, 5.74) is 4.38. The Morgan fingerprint density at radius 1 is 0.909 bits per heavy atom. The summed E-state index contributed by atoms with van der Waals surface area (Å²) in [6.07, 6.45) is 11.5. The number of cyclic esters (lactones) is 1. The van der Waals surface area contributed by atoms with Crippen molar-refractivity contribution >= 4 is 5.97 Å². The SMILES string of the molecule is C[C@H]([C@@H]1CC[C@@H](C)C(=O)O1)[C@H]1CC[C@@]2(C)C3=C(CC[C@]12C)[C@@]1(C)CC[C@@H](O)C(C)(C)C1CC3. The van der Waals surface area contributed by atoms with Crippen LogP contribution in [-0.2, 0) is 9.53 Å². The van der Waals surface area contributed by atoms with Gasteiger partial charge in [0.15, 0.2) is 0 Å². The van der Waals surface area contributed by atoms with Crippen LogP contribution in [0.1, 0.15) is 113 Å². The lowest BCUT2D eigenvalue weighted by Crippen LogP contribution is -2.55. The number of hydrogen-bond donors (Lipinski definition) is 1. The largest absolute Gasteiger partial charge is 0.462 e. The van der Waals surface area contributed by atoms with Gasteiger partial charge in [-0.15, -0.1) is 0 Å². The smallest absolute Gasteiger partial charge is 0.308 e. The van der Waals surface area contributed by atoms with E-state index < -0.39 is 0 Å². The number of aliphatic hydroxyl groups is 1. The molecule has 2 saturated carbocycles. The molecule has 0 amide bonds. The van der Waals surface area contributed by atoms with Crippen molar-refractivity contribution in [2.75, 3.05) is 0 Å². The molecule has 4 aliphatic carbocycles. The van der Waals surface area contributed by atoms with E-state index >= 15 is 0 Å². The molecule has 186 valence electrons. The molecule has 33 heavy (non-hydrogen) atoms. The third-order valence-corrected chi connectivity index (χ3v) is 12.6. The monoisotopic (exact) mass is 456 g/mol. The Labute approximate surface area is 202 Å². The molecule has 1 unspecified atom stereocenters. The Bertz CT molecular complexity index is 857. The number of hydrogen-bond acceptors (Lipinski definition) is 3. The molecule has 0 aromatic rings. The zero-order valence-corrected chi connectivity index (χ0v) is 22.3. The maximum atomic E-state index is 12.3. The number of fused-ring (bicyclic) bond motifs is 4. The van der Waals surface area contributed by atoms with E-state index in [4.69, 9.17) is 4.74 Å². The Balaban J connectivity index is 1.46. The standard InChI is InChI=1S/C30H48O3/c1-18-8-10-23(33-26(18)32)19(2)20-12-16-30(7)22-9-11-24-27(3,4)25(31)14-15-28(24,5)21(22)13-17-29(20,30)6/h18-20,23-25,31H,8-17H2,1-7H3/t18-,19+,20-,23+,24?,25-,28-,29-,30+/m1/s1. The van der Waals surface area contributed by atoms with Gasteiger partial charge in [-0.25, -0.2) is 0 Å². The van der Waals surface area contributed by atoms with Gasteiger partial charge >= 0.3 is 5.97 Å². The molecular weight excluding hydrogens is 408 g/mol. The van der Waals surface area contributed by atoms with E-state index in [0.29, 0.717) is 17.8 Å². The molecule has 1 N–H and O–H groups in total. The van der Waals surface area contributed by atoms with Crippen LogP contribution in [0.2, 0.25) is 0 Å². The quantitative estimate of drug-likeness (QED) is 0.357. The van der Waals surface area contributed by atoms with Gasteiger partial charge < -0.3 is 9.84 Å². The lowest BCUT2D eigenvalue weighted by Gasteiger charge is -2.62. The second-order valence-corrected chi connectivity index (χ2v) is 14.0. The van der Waals surface area contributed by atoms with Gasteiger partial charge in [0.25, 0.3) is 0 Å². The van der Waals surface area contributed by atoms with Crippen LogP contribution in [0, 0.1) is 45.3 Å². The van der Waals surface area contributed by atoms with Crippen molar-refractivity contribution in [1.82, 2.24) is 0 Å². The van der Waals surface area contributed by atoms with E-state index in [9.17, 15) is 9.90 Å². The summed E-state index contributed by atoms with van der Waals surface area (Å²) in [7, 11) is 0. The summed E-state index contributed by atoms with van der Waals surface area (Å²) < 4.78 is 5.98. The van der Waals surface area contributed by atoms with Crippen molar-refractivity contribution in [3.8, 4) is 0 Å². The van der Waals surface area contributed by atoms with Crippen LogP contribution in [0.5, 0.6) is 0 Å². The van der Waals surface area contributed by atoms with Gasteiger partial charge in [-0.3, -0.25) is 4.79 Å². The summed E-state index contributed by atoms with van der Waals surface area (Å²) in [6, 6.07) is 0. The van der Waals surface area contributed by atoms with Crippen LogP contribution in [0.25, 0.3) is 0 Å². The minimum absolute atomic E-state index is 0.00189. The van der Waals surface area contributed by atoms with Crippen molar-refractivity contribution in [3.05, 3.63) is 11.1 Å². The number of carbonyl (C=O) groups excluding carboxylic acids is 1. The topological polar surface area (TPSA) is 46.5 Å². The van der Waals surface area contributed by atoms with Gasteiger partial charge in [-0.1, -0.05) is 59.6 Å². The van der Waals surface area contributed by atoms with Crippen LogP contribution >= 0.6 is 0 Å². The molecule has 0 spiro atoms. The molecule has 1 heterocycles. The Morgan fingerprint density at radius 3 is 2.33 bits per heavy atom. The van der Waals surface area contributed by atoms with E-state index in [1.165, 1.54) is 38.5 Å². The predicted molar refractivity (Wildman–Crippen MR) is 132 cm³/mol. The summed E-state index contributed by atoms with van der Waals surface area (Å²) in [5.74, 6) is 1.73. The second-order valence-electron chi connectivity index (χ2n) is 14.0. The van der Waals surface area contributed by atoms with Crippen LogP contribution in [-0.4, -0.2) is 23.3 Å². The minimum Gasteiger partial charge on any atom is -0.462 e. The molecule has 0 aromatic carbocycles. The van der Waals surface area contributed by atoms with Gasteiger partial charge in [-0.05, 0) is 104 Å². The lowest BCUT2D eigenvalue weighted by molar-refractivity contribution is -0.165. The fourth-order valence-electron chi connectivity index (χ4n) is 10.0. The van der Waals surface area contributed by atoms with Crippen molar-refractivity contribution in [2.24, 2.45) is 45.3 Å². The summed E-state index contributed by atoms with van der Waals surface area (Å²) >= 11 is 0. The first kappa shape index (κ1) is 23.9. The molecular formula is C30H48O3. The van der Waals surface area contributed by atoms with Crippen LogP contribution in [0.4, 0.5) is 0 Å². The van der Waals surface area contributed by atoms with Gasteiger partial charge in [0.1, 0.15) is 6.10 Å². The molecule has 3 nitrogen and oxygen atoms in total. The van der Waals surface area contributed by atoms with E-state index in [1.54, 1.807) is 11.1 Å². The predicted octanol–water partition coefficient (Wildman–Crippen LogP) is 7.07. The third-order valence-electron chi connectivity index (χ3n) is 12.6. The number of carbonyl (C=O) groups is 1.